The molecule has 0 aliphatic carbocycles. The third-order valence-corrected chi connectivity index (χ3v) is 4.61. The van der Waals surface area contributed by atoms with Crippen LogP contribution in [-0.4, -0.2) is 16.0 Å². The highest BCUT2D eigenvalue weighted by atomic mass is 19.4. The Bertz CT molecular complexity index is 1520. The summed E-state index contributed by atoms with van der Waals surface area (Å²) in [4.78, 5) is 26.2. The number of ether oxygens (including phenoxy) is 1. The van der Waals surface area contributed by atoms with E-state index in [0.29, 0.717) is 24.3 Å². The van der Waals surface area contributed by atoms with Crippen LogP contribution >= 0.6 is 0 Å². The third kappa shape index (κ3) is 7.35. The van der Waals surface area contributed by atoms with Gasteiger partial charge in [0.2, 0.25) is 5.56 Å². The number of alkyl halides is 3. The maximum absolute atomic E-state index is 13.8. The van der Waals surface area contributed by atoms with E-state index >= 15 is 0 Å². The number of benzene rings is 3. The quantitative estimate of drug-likeness (QED) is 0.262. The zero-order chi connectivity index (χ0) is 28.0. The number of rotatable bonds is 4. The van der Waals surface area contributed by atoms with Crippen LogP contribution in [0.15, 0.2) is 77.7 Å². The minimum atomic E-state index is -4.75. The van der Waals surface area contributed by atoms with Gasteiger partial charge in [-0.1, -0.05) is 0 Å². The van der Waals surface area contributed by atoms with Crippen molar-refractivity contribution in [3.8, 4) is 17.2 Å². The van der Waals surface area contributed by atoms with Gasteiger partial charge in [0, 0.05) is 30.1 Å². The summed E-state index contributed by atoms with van der Waals surface area (Å²) in [6.45, 7) is 0. The largest absolute Gasteiger partial charge is 0.505 e. The summed E-state index contributed by atoms with van der Waals surface area (Å²) >= 11 is 0. The second kappa shape index (κ2) is 11.5. The van der Waals surface area contributed by atoms with E-state index in [2.05, 4.69) is 10.3 Å². The molecule has 1 amide bonds. The van der Waals surface area contributed by atoms with E-state index in [0.717, 1.165) is 36.4 Å². The Hall–Kier alpha value is -4.81. The highest BCUT2D eigenvalue weighted by Gasteiger charge is 2.32. The molecule has 13 heteroatoms. The molecule has 0 aliphatic rings. The number of aromatic nitrogens is 1. The van der Waals surface area contributed by atoms with E-state index in [1.165, 1.54) is 12.3 Å². The molecule has 0 fully saturated rings. The molecule has 1 heterocycles. The Morgan fingerprint density at radius 1 is 0.816 bits per heavy atom. The van der Waals surface area contributed by atoms with E-state index in [1.54, 1.807) is 0 Å². The number of aromatic hydroxyl groups is 1. The van der Waals surface area contributed by atoms with E-state index < -0.39 is 69.3 Å². The first-order chi connectivity index (χ1) is 17.8. The number of hydrogen-bond donors (Lipinski definition) is 3. The number of anilines is 1. The number of pyridine rings is 1. The molecule has 4 aromatic rings. The highest BCUT2D eigenvalue weighted by Crippen LogP contribution is 2.35. The lowest BCUT2D eigenvalue weighted by Gasteiger charge is -2.15. The second-order valence-electron chi connectivity index (χ2n) is 7.38. The predicted molar refractivity (Wildman–Crippen MR) is 121 cm³/mol. The van der Waals surface area contributed by atoms with Gasteiger partial charge in [0.05, 0.1) is 11.1 Å². The number of phenolic OH excluding ortho intramolecular Hbond substituents is 1. The fourth-order valence-electron chi connectivity index (χ4n) is 2.85. The Morgan fingerprint density at radius 3 is 2.03 bits per heavy atom. The number of carbonyl (C=O) groups excluding carboxylic acids is 1. The maximum atomic E-state index is 13.8. The summed E-state index contributed by atoms with van der Waals surface area (Å²) in [5, 5.41) is 10.8. The first-order valence-electron chi connectivity index (χ1n) is 10.3. The zero-order valence-electron chi connectivity index (χ0n) is 18.7. The van der Waals surface area contributed by atoms with Crippen LogP contribution in [0.3, 0.4) is 0 Å². The van der Waals surface area contributed by atoms with Crippen LogP contribution in [0.4, 0.5) is 36.4 Å². The number of halogens is 7. The van der Waals surface area contributed by atoms with E-state index in [4.69, 9.17) is 9.84 Å². The molecule has 38 heavy (non-hydrogen) atoms. The van der Waals surface area contributed by atoms with Crippen LogP contribution in [0.2, 0.25) is 0 Å². The van der Waals surface area contributed by atoms with Gasteiger partial charge in [-0.15, -0.1) is 0 Å². The third-order valence-electron chi connectivity index (χ3n) is 4.61. The van der Waals surface area contributed by atoms with Crippen LogP contribution in [0.5, 0.6) is 17.2 Å². The van der Waals surface area contributed by atoms with Gasteiger partial charge in [0.1, 0.15) is 17.4 Å². The molecule has 0 aliphatic heterocycles. The Kier molecular flexibility index (Phi) is 8.40. The molecular formula is C25H15F7N2O4. The molecule has 3 N–H and O–H groups in total. The van der Waals surface area contributed by atoms with Crippen LogP contribution < -0.4 is 15.6 Å². The first-order valence-corrected chi connectivity index (χ1v) is 10.3. The minimum absolute atomic E-state index is 0.0232. The standard InChI is InChI=1S/C19H11F5N2O3.C6H4F2O/c20-11-2-4-16(14(21)8-11)29-15-3-1-10(19(22,23)24)7-13(15)18(28)26-12-5-6-25-17(27)9-12;7-4-1-2-6(9)5(8)3-4/h1-9H,(H2,25,26,27,28);1-3,9H. The van der Waals surface area contributed by atoms with Crippen LogP contribution in [0, 0.1) is 23.3 Å². The van der Waals surface area contributed by atoms with Gasteiger partial charge < -0.3 is 20.1 Å². The van der Waals surface area contributed by atoms with Gasteiger partial charge in [0.15, 0.2) is 23.1 Å². The zero-order valence-corrected chi connectivity index (χ0v) is 18.7. The van der Waals surface area contributed by atoms with Crippen molar-refractivity contribution >= 4 is 11.6 Å². The molecule has 0 saturated carbocycles. The van der Waals surface area contributed by atoms with Gasteiger partial charge in [-0.25, -0.2) is 17.6 Å². The van der Waals surface area contributed by atoms with E-state index in [1.807, 2.05) is 0 Å². The number of carbonyl (C=O) groups is 1. The Balaban J connectivity index is 0.000000375. The number of hydrogen-bond acceptors (Lipinski definition) is 4. The lowest BCUT2D eigenvalue weighted by atomic mass is 10.1. The normalized spacial score (nSPS) is 10.8. The molecule has 0 unspecified atom stereocenters. The molecule has 0 radical (unpaired) electrons. The predicted octanol–water partition coefficient (Wildman–Crippen LogP) is 6.39. The molecule has 6 nitrogen and oxygen atoms in total. The average Bonchev–Trinajstić information content (AvgIpc) is 2.83. The Labute approximate surface area is 208 Å². The lowest BCUT2D eigenvalue weighted by molar-refractivity contribution is -0.137. The molecule has 0 atom stereocenters. The number of amides is 1. The van der Waals surface area contributed by atoms with Crippen LogP contribution in [0.1, 0.15) is 15.9 Å². The van der Waals surface area contributed by atoms with Gasteiger partial charge >= 0.3 is 6.18 Å². The lowest BCUT2D eigenvalue weighted by Crippen LogP contribution is -2.16. The van der Waals surface area contributed by atoms with Gasteiger partial charge in [-0.2, -0.15) is 13.2 Å². The summed E-state index contributed by atoms with van der Waals surface area (Å²) in [7, 11) is 0. The number of aromatic amines is 1. The van der Waals surface area contributed by atoms with Gasteiger partial charge in [-0.05, 0) is 48.5 Å². The van der Waals surface area contributed by atoms with Crippen LogP contribution in [-0.2, 0) is 6.18 Å². The van der Waals surface area contributed by atoms with Crippen molar-refractivity contribution in [2.24, 2.45) is 0 Å². The summed E-state index contributed by atoms with van der Waals surface area (Å²) in [5.41, 5.74) is -2.23. The Morgan fingerprint density at radius 2 is 1.45 bits per heavy atom. The molecular weight excluding hydrogens is 525 g/mol. The summed E-state index contributed by atoms with van der Waals surface area (Å²) in [6.07, 6.45) is -3.52. The monoisotopic (exact) mass is 540 g/mol. The molecule has 4 rings (SSSR count). The minimum Gasteiger partial charge on any atom is -0.505 e. The van der Waals surface area contributed by atoms with E-state index in [9.17, 15) is 40.3 Å². The van der Waals surface area contributed by atoms with Crippen molar-refractivity contribution in [3.63, 3.8) is 0 Å². The molecule has 3 aromatic carbocycles. The van der Waals surface area contributed by atoms with Crippen molar-refractivity contribution in [2.45, 2.75) is 6.18 Å². The summed E-state index contributed by atoms with van der Waals surface area (Å²) in [5.74, 6) is -6.06. The number of H-pyrrole nitrogens is 1. The maximum Gasteiger partial charge on any atom is 0.416 e. The van der Waals surface area contributed by atoms with Gasteiger partial charge in [-0.3, -0.25) is 9.59 Å². The molecule has 0 saturated heterocycles. The SMILES string of the molecule is O=C(Nc1cc[nH]c(=O)c1)c1cc(C(F)(F)F)ccc1Oc1ccc(F)cc1F.Oc1ccc(F)cc1F. The first kappa shape index (κ1) is 27.8. The van der Waals surface area contributed by atoms with Crippen molar-refractivity contribution in [1.82, 2.24) is 4.98 Å². The smallest absolute Gasteiger partial charge is 0.416 e. The fourth-order valence-corrected chi connectivity index (χ4v) is 2.85. The second-order valence-corrected chi connectivity index (χ2v) is 7.38. The topological polar surface area (TPSA) is 91.4 Å². The fraction of sp³-hybridized carbons (Fsp3) is 0.0400. The number of nitrogens with one attached hydrogen (secondary N) is 2. The van der Waals surface area contributed by atoms with Crippen molar-refractivity contribution in [3.05, 3.63) is 118 Å². The molecule has 0 spiro atoms. The van der Waals surface area contributed by atoms with E-state index in [-0.39, 0.29) is 5.69 Å². The number of phenols is 1. The van der Waals surface area contributed by atoms with Crippen LogP contribution in [0.25, 0.3) is 0 Å². The molecule has 0 bridgehead atoms. The average molecular weight is 540 g/mol. The summed E-state index contributed by atoms with van der Waals surface area (Å²) < 4.78 is 95.4. The highest BCUT2D eigenvalue weighted by molar-refractivity contribution is 6.06. The van der Waals surface area contributed by atoms with Crippen molar-refractivity contribution in [1.29, 1.82) is 0 Å². The summed E-state index contributed by atoms with van der Waals surface area (Å²) in [6, 6.07) is 9.27. The molecule has 198 valence electrons. The van der Waals surface area contributed by atoms with Crippen molar-refractivity contribution in [2.75, 3.05) is 5.32 Å². The molecule has 1 aromatic heterocycles. The van der Waals surface area contributed by atoms with Crippen molar-refractivity contribution < 1.29 is 45.4 Å². The van der Waals surface area contributed by atoms with Gasteiger partial charge in [0.25, 0.3) is 5.91 Å².